The van der Waals surface area contributed by atoms with Gasteiger partial charge in [-0.2, -0.15) is 0 Å². The normalized spacial score (nSPS) is 15.7. The highest BCUT2D eigenvalue weighted by atomic mass is 16.1. The molecule has 0 bridgehead atoms. The maximum atomic E-state index is 12.0. The summed E-state index contributed by atoms with van der Waals surface area (Å²) >= 11 is 0. The topological polar surface area (TPSA) is 32.3 Å². The van der Waals surface area contributed by atoms with Gasteiger partial charge in [-0.1, -0.05) is 12.8 Å². The van der Waals surface area contributed by atoms with Crippen molar-refractivity contribution in [1.82, 2.24) is 5.32 Å². The third kappa shape index (κ3) is 3.25. The van der Waals surface area contributed by atoms with Gasteiger partial charge in [-0.3, -0.25) is 4.79 Å². The predicted octanol–water partition coefficient (Wildman–Crippen LogP) is 2.67. The summed E-state index contributed by atoms with van der Waals surface area (Å²) in [6, 6.07) is 7.73. The summed E-state index contributed by atoms with van der Waals surface area (Å²) in [6.07, 6.45) is 5.16. The number of amides is 1. The first-order valence-corrected chi connectivity index (χ1v) is 6.72. The summed E-state index contributed by atoms with van der Waals surface area (Å²) in [5, 5.41) is 3.04. The second kappa shape index (κ2) is 5.89. The van der Waals surface area contributed by atoms with Crippen molar-refractivity contribution in [3.8, 4) is 0 Å². The quantitative estimate of drug-likeness (QED) is 0.886. The van der Waals surface area contributed by atoms with E-state index in [1.165, 1.54) is 25.7 Å². The smallest absolute Gasteiger partial charge is 0.251 e. The van der Waals surface area contributed by atoms with Crippen LogP contribution in [0.2, 0.25) is 0 Å². The molecular weight excluding hydrogens is 224 g/mol. The lowest BCUT2D eigenvalue weighted by atomic mass is 10.1. The van der Waals surface area contributed by atoms with Crippen molar-refractivity contribution in [1.29, 1.82) is 0 Å². The zero-order valence-corrected chi connectivity index (χ0v) is 11.3. The number of rotatable bonds is 4. The van der Waals surface area contributed by atoms with Gasteiger partial charge in [0.1, 0.15) is 0 Å². The summed E-state index contributed by atoms with van der Waals surface area (Å²) in [5.41, 5.74) is 1.86. The van der Waals surface area contributed by atoms with Crippen LogP contribution in [0.5, 0.6) is 0 Å². The van der Waals surface area contributed by atoms with Gasteiger partial charge in [0.05, 0.1) is 0 Å². The zero-order valence-electron chi connectivity index (χ0n) is 11.3. The van der Waals surface area contributed by atoms with Gasteiger partial charge >= 0.3 is 0 Å². The second-order valence-corrected chi connectivity index (χ2v) is 5.30. The van der Waals surface area contributed by atoms with Crippen LogP contribution in [0.3, 0.4) is 0 Å². The molecule has 1 aromatic carbocycles. The third-order valence-corrected chi connectivity index (χ3v) is 3.67. The molecule has 3 heteroatoms. The summed E-state index contributed by atoms with van der Waals surface area (Å²) < 4.78 is 0. The average molecular weight is 246 g/mol. The van der Waals surface area contributed by atoms with Gasteiger partial charge in [0.15, 0.2) is 0 Å². The van der Waals surface area contributed by atoms with E-state index in [4.69, 9.17) is 0 Å². The largest absolute Gasteiger partial charge is 0.378 e. The van der Waals surface area contributed by atoms with Gasteiger partial charge < -0.3 is 10.2 Å². The fourth-order valence-electron chi connectivity index (χ4n) is 2.46. The molecule has 0 radical (unpaired) electrons. The molecule has 0 atom stereocenters. The molecule has 1 aromatic rings. The van der Waals surface area contributed by atoms with Crippen molar-refractivity contribution < 1.29 is 4.79 Å². The van der Waals surface area contributed by atoms with E-state index in [0.29, 0.717) is 5.92 Å². The number of nitrogens with one attached hydrogen (secondary N) is 1. The van der Waals surface area contributed by atoms with Crippen LogP contribution < -0.4 is 10.2 Å². The Kier molecular flexibility index (Phi) is 4.24. The number of hydrogen-bond acceptors (Lipinski definition) is 2. The monoisotopic (exact) mass is 246 g/mol. The molecule has 0 saturated heterocycles. The van der Waals surface area contributed by atoms with Crippen LogP contribution in [0.15, 0.2) is 24.3 Å². The number of carbonyl (C=O) groups excluding carboxylic acids is 1. The number of anilines is 1. The Morgan fingerprint density at radius 2 is 1.83 bits per heavy atom. The number of carbonyl (C=O) groups is 1. The molecule has 1 N–H and O–H groups in total. The summed E-state index contributed by atoms with van der Waals surface area (Å²) in [4.78, 5) is 14.0. The lowest BCUT2D eigenvalue weighted by molar-refractivity contribution is 0.0947. The van der Waals surface area contributed by atoms with Gasteiger partial charge in [0.2, 0.25) is 0 Å². The van der Waals surface area contributed by atoms with Gasteiger partial charge in [0, 0.05) is 31.9 Å². The lowest BCUT2D eigenvalue weighted by Gasteiger charge is -2.13. The molecule has 98 valence electrons. The Bertz CT molecular complexity index is 391. The molecule has 0 spiro atoms. The van der Waals surface area contributed by atoms with Crippen molar-refractivity contribution in [2.24, 2.45) is 5.92 Å². The minimum atomic E-state index is 0.0483. The Labute approximate surface area is 109 Å². The molecule has 1 saturated carbocycles. The van der Waals surface area contributed by atoms with Crippen LogP contribution in [0.25, 0.3) is 0 Å². The van der Waals surface area contributed by atoms with Crippen molar-refractivity contribution >= 4 is 11.6 Å². The fraction of sp³-hybridized carbons (Fsp3) is 0.533. The molecule has 0 heterocycles. The molecule has 1 aliphatic carbocycles. The average Bonchev–Trinajstić information content (AvgIpc) is 2.89. The Hall–Kier alpha value is -1.51. The lowest BCUT2D eigenvalue weighted by Crippen LogP contribution is -2.28. The molecule has 0 aliphatic heterocycles. The van der Waals surface area contributed by atoms with E-state index in [2.05, 4.69) is 5.32 Å². The Morgan fingerprint density at radius 1 is 1.22 bits per heavy atom. The standard InChI is InChI=1S/C15H22N2O/c1-17(2)14-9-7-13(8-10-14)15(18)16-11-12-5-3-4-6-12/h7-10,12H,3-6,11H2,1-2H3,(H,16,18). The van der Waals surface area contributed by atoms with Crippen LogP contribution in [-0.4, -0.2) is 26.5 Å². The Morgan fingerprint density at radius 3 is 2.39 bits per heavy atom. The van der Waals surface area contributed by atoms with Gasteiger partial charge in [-0.15, -0.1) is 0 Å². The highest BCUT2D eigenvalue weighted by Crippen LogP contribution is 2.23. The first-order chi connectivity index (χ1) is 8.66. The molecule has 3 nitrogen and oxygen atoms in total. The van der Waals surface area contributed by atoms with Crippen LogP contribution >= 0.6 is 0 Å². The molecule has 1 fully saturated rings. The van der Waals surface area contributed by atoms with E-state index >= 15 is 0 Å². The van der Waals surface area contributed by atoms with Gasteiger partial charge in [-0.25, -0.2) is 0 Å². The third-order valence-electron chi connectivity index (χ3n) is 3.67. The summed E-state index contributed by atoms with van der Waals surface area (Å²) in [6.45, 7) is 0.828. The van der Waals surface area contributed by atoms with Crippen molar-refractivity contribution in [2.75, 3.05) is 25.5 Å². The number of benzene rings is 1. The minimum Gasteiger partial charge on any atom is -0.378 e. The van der Waals surface area contributed by atoms with Crippen molar-refractivity contribution in [3.63, 3.8) is 0 Å². The maximum absolute atomic E-state index is 12.0. The molecule has 18 heavy (non-hydrogen) atoms. The van der Waals surface area contributed by atoms with Crippen LogP contribution in [-0.2, 0) is 0 Å². The molecule has 1 aliphatic rings. The Balaban J connectivity index is 1.87. The highest BCUT2D eigenvalue weighted by molar-refractivity contribution is 5.94. The van der Waals surface area contributed by atoms with E-state index in [1.807, 2.05) is 43.3 Å². The highest BCUT2D eigenvalue weighted by Gasteiger charge is 2.16. The molecule has 0 aromatic heterocycles. The zero-order chi connectivity index (χ0) is 13.0. The van der Waals surface area contributed by atoms with Gasteiger partial charge in [0.25, 0.3) is 5.91 Å². The van der Waals surface area contributed by atoms with E-state index < -0.39 is 0 Å². The number of nitrogens with zero attached hydrogens (tertiary/aromatic N) is 1. The van der Waals surface area contributed by atoms with Crippen molar-refractivity contribution in [2.45, 2.75) is 25.7 Å². The predicted molar refractivity (Wildman–Crippen MR) is 75.1 cm³/mol. The van der Waals surface area contributed by atoms with Crippen LogP contribution in [0.4, 0.5) is 5.69 Å². The van der Waals surface area contributed by atoms with Crippen LogP contribution in [0, 0.1) is 5.92 Å². The summed E-state index contributed by atoms with van der Waals surface area (Å²) in [7, 11) is 3.99. The maximum Gasteiger partial charge on any atom is 0.251 e. The first kappa shape index (κ1) is 12.9. The van der Waals surface area contributed by atoms with E-state index in [1.54, 1.807) is 0 Å². The molecule has 0 unspecified atom stereocenters. The van der Waals surface area contributed by atoms with Gasteiger partial charge in [-0.05, 0) is 43.0 Å². The van der Waals surface area contributed by atoms with E-state index in [-0.39, 0.29) is 5.91 Å². The van der Waals surface area contributed by atoms with Crippen LogP contribution in [0.1, 0.15) is 36.0 Å². The fourth-order valence-corrected chi connectivity index (χ4v) is 2.46. The van der Waals surface area contributed by atoms with E-state index in [9.17, 15) is 4.79 Å². The minimum absolute atomic E-state index is 0.0483. The van der Waals surface area contributed by atoms with Crippen molar-refractivity contribution in [3.05, 3.63) is 29.8 Å². The SMILES string of the molecule is CN(C)c1ccc(C(=O)NCC2CCCC2)cc1. The van der Waals surface area contributed by atoms with E-state index in [0.717, 1.165) is 17.8 Å². The number of hydrogen-bond donors (Lipinski definition) is 1. The summed E-state index contributed by atoms with van der Waals surface area (Å²) in [5.74, 6) is 0.738. The second-order valence-electron chi connectivity index (χ2n) is 5.30. The molecule has 1 amide bonds. The molecular formula is C15H22N2O. The molecule has 2 rings (SSSR count). The first-order valence-electron chi connectivity index (χ1n) is 6.72.